The third kappa shape index (κ3) is 1.59. The summed E-state index contributed by atoms with van der Waals surface area (Å²) in [6.45, 7) is 3.33. The third-order valence-corrected chi connectivity index (χ3v) is 3.79. The molecule has 20 heavy (non-hydrogen) atoms. The molecule has 0 bridgehead atoms. The number of nitrogens with zero attached hydrogens (tertiary/aromatic N) is 1. The summed E-state index contributed by atoms with van der Waals surface area (Å²) in [5, 5.41) is 13.2. The van der Waals surface area contributed by atoms with Gasteiger partial charge >= 0.3 is 0 Å². The standard InChI is InChI=1S/C15H16N2O3/c1-15(2,20)14-16-10-11(17(14)3)8-6-4-5-7-9(8)12(18)13(10)19/h4-7,14,16,20H,1-3H3. The second kappa shape index (κ2) is 3.93. The van der Waals surface area contributed by atoms with Crippen molar-refractivity contribution in [1.29, 1.82) is 0 Å². The summed E-state index contributed by atoms with van der Waals surface area (Å²) in [7, 11) is 1.80. The van der Waals surface area contributed by atoms with Gasteiger partial charge in [-0.15, -0.1) is 0 Å². The van der Waals surface area contributed by atoms with E-state index >= 15 is 0 Å². The van der Waals surface area contributed by atoms with Crippen molar-refractivity contribution >= 4 is 17.3 Å². The van der Waals surface area contributed by atoms with E-state index in [0.717, 1.165) is 5.56 Å². The minimum absolute atomic E-state index is 0.281. The summed E-state index contributed by atoms with van der Waals surface area (Å²) in [6.07, 6.45) is -0.449. The highest BCUT2D eigenvalue weighted by atomic mass is 16.3. The minimum atomic E-state index is -1.05. The van der Waals surface area contributed by atoms with Crippen molar-refractivity contribution in [3.63, 3.8) is 0 Å². The van der Waals surface area contributed by atoms with Gasteiger partial charge < -0.3 is 15.3 Å². The van der Waals surface area contributed by atoms with Gasteiger partial charge in [0.2, 0.25) is 5.78 Å². The van der Waals surface area contributed by atoms with Crippen LogP contribution >= 0.6 is 0 Å². The van der Waals surface area contributed by atoms with Crippen LogP contribution in [-0.4, -0.2) is 40.4 Å². The number of likely N-dealkylation sites (N-methyl/N-ethyl adjacent to an activating group) is 1. The van der Waals surface area contributed by atoms with E-state index < -0.39 is 23.3 Å². The predicted molar refractivity (Wildman–Crippen MR) is 73.7 cm³/mol. The normalized spacial score (nSPS) is 21.8. The van der Waals surface area contributed by atoms with E-state index in [1.54, 1.807) is 33.0 Å². The highest BCUT2D eigenvalue weighted by Crippen LogP contribution is 2.37. The number of aliphatic hydroxyl groups is 1. The molecule has 0 saturated carbocycles. The number of Topliss-reactive ketones (excluding diaryl/α,β-unsaturated/α-hetero) is 2. The Hall–Kier alpha value is -2.14. The Morgan fingerprint density at radius 1 is 1.15 bits per heavy atom. The van der Waals surface area contributed by atoms with Crippen molar-refractivity contribution < 1.29 is 14.7 Å². The van der Waals surface area contributed by atoms with E-state index in [2.05, 4.69) is 5.32 Å². The first-order valence-electron chi connectivity index (χ1n) is 6.47. The van der Waals surface area contributed by atoms with Crippen LogP contribution in [0.5, 0.6) is 0 Å². The van der Waals surface area contributed by atoms with Gasteiger partial charge in [0.15, 0.2) is 0 Å². The number of carbonyl (C=O) groups excluding carboxylic acids is 2. The Kier molecular flexibility index (Phi) is 2.53. The third-order valence-electron chi connectivity index (χ3n) is 3.79. The number of hydrogen-bond donors (Lipinski definition) is 2. The van der Waals surface area contributed by atoms with Crippen molar-refractivity contribution in [3.05, 3.63) is 41.1 Å². The molecule has 1 aromatic carbocycles. The maximum atomic E-state index is 12.2. The molecule has 1 unspecified atom stereocenters. The molecule has 0 saturated heterocycles. The fourth-order valence-electron chi connectivity index (χ4n) is 2.88. The predicted octanol–water partition coefficient (Wildman–Crippen LogP) is 0.753. The van der Waals surface area contributed by atoms with Gasteiger partial charge in [-0.1, -0.05) is 24.3 Å². The van der Waals surface area contributed by atoms with E-state index in [-0.39, 0.29) is 5.70 Å². The highest BCUT2D eigenvalue weighted by Gasteiger charge is 2.45. The molecule has 1 aliphatic carbocycles. The number of nitrogens with one attached hydrogen (secondary N) is 1. The lowest BCUT2D eigenvalue weighted by Crippen LogP contribution is -2.51. The second-order valence-corrected chi connectivity index (χ2v) is 5.74. The number of benzene rings is 1. The molecule has 1 aromatic rings. The first-order valence-corrected chi connectivity index (χ1v) is 6.47. The van der Waals surface area contributed by atoms with Crippen molar-refractivity contribution in [2.75, 3.05) is 7.05 Å². The smallest absolute Gasteiger partial charge is 0.251 e. The summed E-state index contributed by atoms with van der Waals surface area (Å²) in [5.74, 6) is -1.05. The van der Waals surface area contributed by atoms with Crippen LogP contribution in [0.4, 0.5) is 0 Å². The van der Waals surface area contributed by atoms with Crippen LogP contribution in [0.2, 0.25) is 0 Å². The lowest BCUT2D eigenvalue weighted by atomic mass is 9.91. The molecule has 0 fully saturated rings. The van der Waals surface area contributed by atoms with E-state index in [4.69, 9.17) is 0 Å². The Labute approximate surface area is 116 Å². The van der Waals surface area contributed by atoms with Crippen molar-refractivity contribution in [1.82, 2.24) is 10.2 Å². The van der Waals surface area contributed by atoms with Gasteiger partial charge in [0, 0.05) is 18.2 Å². The maximum Gasteiger partial charge on any atom is 0.251 e. The average molecular weight is 272 g/mol. The van der Waals surface area contributed by atoms with Gasteiger partial charge in [-0.2, -0.15) is 0 Å². The van der Waals surface area contributed by atoms with Gasteiger partial charge in [-0.3, -0.25) is 9.59 Å². The maximum absolute atomic E-state index is 12.2. The molecule has 0 amide bonds. The van der Waals surface area contributed by atoms with Gasteiger partial charge in [0.25, 0.3) is 5.78 Å². The fourth-order valence-corrected chi connectivity index (χ4v) is 2.88. The minimum Gasteiger partial charge on any atom is -0.386 e. The molecular weight excluding hydrogens is 256 g/mol. The Morgan fingerprint density at radius 2 is 1.75 bits per heavy atom. The summed E-state index contributed by atoms with van der Waals surface area (Å²) in [4.78, 5) is 26.1. The largest absolute Gasteiger partial charge is 0.386 e. The molecule has 5 heteroatoms. The van der Waals surface area contributed by atoms with Crippen LogP contribution in [0.3, 0.4) is 0 Å². The molecule has 0 radical (unpaired) electrons. The highest BCUT2D eigenvalue weighted by molar-refractivity contribution is 6.52. The molecule has 3 rings (SSSR count). The average Bonchev–Trinajstić information content (AvgIpc) is 2.74. The van der Waals surface area contributed by atoms with Crippen LogP contribution in [0.25, 0.3) is 5.70 Å². The number of fused-ring (bicyclic) bond motifs is 2. The first-order chi connectivity index (χ1) is 9.32. The lowest BCUT2D eigenvalue weighted by molar-refractivity contribution is -0.112. The van der Waals surface area contributed by atoms with Gasteiger partial charge in [0.05, 0.1) is 11.3 Å². The summed E-state index contributed by atoms with van der Waals surface area (Å²) >= 11 is 0. The van der Waals surface area contributed by atoms with Crippen LogP contribution in [-0.2, 0) is 4.79 Å². The van der Waals surface area contributed by atoms with Crippen LogP contribution < -0.4 is 5.32 Å². The molecule has 2 N–H and O–H groups in total. The zero-order chi connectivity index (χ0) is 14.7. The van der Waals surface area contributed by atoms with Gasteiger partial charge in [-0.05, 0) is 13.8 Å². The summed E-state index contributed by atoms with van der Waals surface area (Å²) in [5.41, 5.74) is 1.06. The number of rotatable bonds is 1. The molecule has 0 spiro atoms. The second-order valence-electron chi connectivity index (χ2n) is 5.74. The van der Waals surface area contributed by atoms with E-state index in [1.165, 1.54) is 0 Å². The van der Waals surface area contributed by atoms with Crippen LogP contribution in [0.1, 0.15) is 29.8 Å². The Bertz CT molecular complexity index is 655. The van der Waals surface area contributed by atoms with Gasteiger partial charge in [0.1, 0.15) is 11.9 Å². The van der Waals surface area contributed by atoms with Crippen LogP contribution in [0.15, 0.2) is 30.0 Å². The summed E-state index contributed by atoms with van der Waals surface area (Å²) in [6, 6.07) is 7.05. The molecule has 104 valence electrons. The SMILES string of the molecule is CN1C2=C(NC1C(C)(C)O)C(=O)C(=O)c1ccccc12. The first kappa shape index (κ1) is 12.9. The number of hydrogen-bond acceptors (Lipinski definition) is 5. The Balaban J connectivity index is 2.17. The molecule has 0 aromatic heterocycles. The molecule has 1 atom stereocenters. The fraction of sp³-hybridized carbons (Fsp3) is 0.333. The van der Waals surface area contributed by atoms with Crippen LogP contribution in [0, 0.1) is 0 Å². The van der Waals surface area contributed by atoms with Crippen molar-refractivity contribution in [2.45, 2.75) is 25.6 Å². The number of ketones is 2. The number of allylic oxidation sites excluding steroid dienone is 1. The summed E-state index contributed by atoms with van der Waals surface area (Å²) < 4.78 is 0. The van der Waals surface area contributed by atoms with E-state index in [1.807, 2.05) is 17.0 Å². The lowest BCUT2D eigenvalue weighted by Gasteiger charge is -2.34. The van der Waals surface area contributed by atoms with E-state index in [0.29, 0.717) is 11.3 Å². The Morgan fingerprint density at radius 3 is 2.35 bits per heavy atom. The topological polar surface area (TPSA) is 69.6 Å². The van der Waals surface area contributed by atoms with E-state index in [9.17, 15) is 14.7 Å². The molecular formula is C15H16N2O3. The molecule has 5 nitrogen and oxygen atoms in total. The monoisotopic (exact) mass is 272 g/mol. The molecule has 1 aliphatic heterocycles. The molecule has 2 aliphatic rings. The van der Waals surface area contributed by atoms with Crippen molar-refractivity contribution in [2.24, 2.45) is 0 Å². The van der Waals surface area contributed by atoms with Crippen molar-refractivity contribution in [3.8, 4) is 0 Å². The quantitative estimate of drug-likeness (QED) is 0.738. The molecule has 1 heterocycles. The number of carbonyl (C=O) groups is 2. The zero-order valence-electron chi connectivity index (χ0n) is 11.6. The van der Waals surface area contributed by atoms with Gasteiger partial charge in [-0.25, -0.2) is 0 Å². The zero-order valence-corrected chi connectivity index (χ0v) is 11.6.